The molecule has 1 fully saturated rings. The Bertz CT molecular complexity index is 801. The summed E-state index contributed by atoms with van der Waals surface area (Å²) in [5.41, 5.74) is 1.31. The number of aromatic amines is 1. The van der Waals surface area contributed by atoms with E-state index in [0.29, 0.717) is 28.7 Å². The molecule has 2 unspecified atom stereocenters. The van der Waals surface area contributed by atoms with Crippen molar-refractivity contribution < 1.29 is 4.79 Å². The number of rotatable bonds is 4. The Balaban J connectivity index is 1.74. The number of amides is 1. The van der Waals surface area contributed by atoms with Gasteiger partial charge in [0.05, 0.1) is 6.42 Å². The van der Waals surface area contributed by atoms with Crippen LogP contribution in [0.5, 0.6) is 0 Å². The van der Waals surface area contributed by atoms with Crippen molar-refractivity contribution in [3.05, 3.63) is 46.0 Å². The van der Waals surface area contributed by atoms with Crippen molar-refractivity contribution in [2.75, 3.05) is 0 Å². The maximum atomic E-state index is 12.4. The Morgan fingerprint density at radius 2 is 2.12 bits per heavy atom. The molecule has 1 aliphatic carbocycles. The molecule has 6 heteroatoms. The lowest BCUT2D eigenvalue weighted by Crippen LogP contribution is -2.42. The number of aromatic nitrogens is 3. The van der Waals surface area contributed by atoms with Crippen LogP contribution in [-0.4, -0.2) is 26.9 Å². The average Bonchev–Trinajstić information content (AvgIpc) is 2.61. The molecule has 2 aromatic heterocycles. The van der Waals surface area contributed by atoms with E-state index in [2.05, 4.69) is 27.2 Å². The van der Waals surface area contributed by atoms with Gasteiger partial charge in [-0.1, -0.05) is 25.8 Å². The van der Waals surface area contributed by atoms with E-state index in [9.17, 15) is 9.59 Å². The fourth-order valence-corrected chi connectivity index (χ4v) is 3.39. The topological polar surface area (TPSA) is 87.7 Å². The van der Waals surface area contributed by atoms with Crippen molar-refractivity contribution in [2.24, 2.45) is 5.92 Å². The number of nitrogens with one attached hydrogen (secondary N) is 2. The van der Waals surface area contributed by atoms with Gasteiger partial charge in [-0.25, -0.2) is 4.98 Å². The average molecular weight is 340 g/mol. The third-order valence-electron chi connectivity index (χ3n) is 4.92. The zero-order valence-electron chi connectivity index (χ0n) is 14.7. The highest BCUT2D eigenvalue weighted by Crippen LogP contribution is 2.23. The Morgan fingerprint density at radius 1 is 1.32 bits per heavy atom. The Morgan fingerprint density at radius 3 is 2.80 bits per heavy atom. The van der Waals surface area contributed by atoms with E-state index in [4.69, 9.17) is 0 Å². The predicted octanol–water partition coefficient (Wildman–Crippen LogP) is 2.38. The van der Waals surface area contributed by atoms with Crippen LogP contribution in [0.25, 0.3) is 11.5 Å². The minimum absolute atomic E-state index is 0.0554. The van der Waals surface area contributed by atoms with Crippen molar-refractivity contribution in [1.29, 1.82) is 0 Å². The van der Waals surface area contributed by atoms with E-state index in [1.165, 1.54) is 6.42 Å². The van der Waals surface area contributed by atoms with E-state index in [0.717, 1.165) is 19.3 Å². The molecule has 2 heterocycles. The fraction of sp³-hybridized carbons (Fsp3) is 0.474. The quantitative estimate of drug-likeness (QED) is 0.894. The molecule has 1 amide bonds. The standard InChI is InChI=1S/C19H24N4O2/c1-12-7-3-4-8-15(12)22-17(24)11-14-13(2)21-18(23-19(14)25)16-9-5-6-10-20-16/h5-6,9-10,12,15H,3-4,7-8,11H2,1-2H3,(H,22,24)(H,21,23,25). The van der Waals surface area contributed by atoms with Gasteiger partial charge in [-0.3, -0.25) is 14.6 Å². The second-order valence-corrected chi connectivity index (χ2v) is 6.81. The normalized spacial score (nSPS) is 20.2. The summed E-state index contributed by atoms with van der Waals surface area (Å²) in [5, 5.41) is 3.09. The molecule has 2 N–H and O–H groups in total. The van der Waals surface area contributed by atoms with Crippen molar-refractivity contribution >= 4 is 5.91 Å². The van der Waals surface area contributed by atoms with Crippen molar-refractivity contribution in [2.45, 2.75) is 52.0 Å². The third kappa shape index (κ3) is 4.13. The molecule has 0 spiro atoms. The molecule has 0 aliphatic heterocycles. The molecular weight excluding hydrogens is 316 g/mol. The highest BCUT2D eigenvalue weighted by molar-refractivity contribution is 5.79. The van der Waals surface area contributed by atoms with E-state index < -0.39 is 0 Å². The Hall–Kier alpha value is -2.50. The molecule has 1 saturated carbocycles. The molecule has 2 aromatic rings. The molecule has 0 radical (unpaired) electrons. The summed E-state index contributed by atoms with van der Waals surface area (Å²) in [6, 6.07) is 5.64. The van der Waals surface area contributed by atoms with E-state index >= 15 is 0 Å². The van der Waals surface area contributed by atoms with Crippen LogP contribution in [0.15, 0.2) is 29.2 Å². The lowest BCUT2D eigenvalue weighted by atomic mass is 9.86. The first kappa shape index (κ1) is 17.3. The zero-order chi connectivity index (χ0) is 17.8. The van der Waals surface area contributed by atoms with Gasteiger partial charge in [-0.15, -0.1) is 0 Å². The Labute approximate surface area is 147 Å². The van der Waals surface area contributed by atoms with Gasteiger partial charge in [0.1, 0.15) is 5.69 Å². The first-order chi connectivity index (χ1) is 12.0. The molecule has 2 atom stereocenters. The number of H-pyrrole nitrogens is 1. The van der Waals surface area contributed by atoms with Crippen LogP contribution in [0.2, 0.25) is 0 Å². The first-order valence-corrected chi connectivity index (χ1v) is 8.85. The molecule has 1 aliphatic rings. The smallest absolute Gasteiger partial charge is 0.255 e. The zero-order valence-corrected chi connectivity index (χ0v) is 14.7. The number of hydrogen-bond acceptors (Lipinski definition) is 4. The number of carbonyl (C=O) groups excluding carboxylic acids is 1. The van der Waals surface area contributed by atoms with Crippen LogP contribution >= 0.6 is 0 Å². The van der Waals surface area contributed by atoms with Gasteiger partial charge in [0.25, 0.3) is 5.56 Å². The summed E-state index contributed by atoms with van der Waals surface area (Å²) in [4.78, 5) is 36.2. The van der Waals surface area contributed by atoms with Crippen LogP contribution in [-0.2, 0) is 11.2 Å². The first-order valence-electron chi connectivity index (χ1n) is 8.85. The van der Waals surface area contributed by atoms with Gasteiger partial charge in [-0.2, -0.15) is 0 Å². The van der Waals surface area contributed by atoms with Crippen molar-refractivity contribution in [3.8, 4) is 11.5 Å². The number of nitrogens with zero attached hydrogens (tertiary/aromatic N) is 2. The number of aryl methyl sites for hydroxylation is 1. The van der Waals surface area contributed by atoms with Crippen molar-refractivity contribution in [1.82, 2.24) is 20.3 Å². The number of pyridine rings is 1. The fourth-order valence-electron chi connectivity index (χ4n) is 3.39. The van der Waals surface area contributed by atoms with Gasteiger partial charge < -0.3 is 10.3 Å². The van der Waals surface area contributed by atoms with Crippen LogP contribution in [0.1, 0.15) is 43.9 Å². The number of carbonyl (C=O) groups is 1. The summed E-state index contributed by atoms with van der Waals surface area (Å²) in [7, 11) is 0. The second-order valence-electron chi connectivity index (χ2n) is 6.81. The summed E-state index contributed by atoms with van der Waals surface area (Å²) in [6.07, 6.45) is 6.24. The summed E-state index contributed by atoms with van der Waals surface area (Å²) >= 11 is 0. The lowest BCUT2D eigenvalue weighted by molar-refractivity contribution is -0.121. The SMILES string of the molecule is Cc1nc(-c2ccccn2)[nH]c(=O)c1CC(=O)NC1CCCCC1C. The van der Waals surface area contributed by atoms with Gasteiger partial charge in [0, 0.05) is 23.5 Å². The minimum Gasteiger partial charge on any atom is -0.353 e. The monoisotopic (exact) mass is 340 g/mol. The van der Waals surface area contributed by atoms with E-state index in [1.54, 1.807) is 25.3 Å². The minimum atomic E-state index is -0.278. The van der Waals surface area contributed by atoms with Crippen molar-refractivity contribution in [3.63, 3.8) is 0 Å². The molecular formula is C19H24N4O2. The van der Waals surface area contributed by atoms with Gasteiger partial charge in [-0.05, 0) is 37.8 Å². The van der Waals surface area contributed by atoms with Gasteiger partial charge in [0.15, 0.2) is 5.82 Å². The van der Waals surface area contributed by atoms with E-state index in [-0.39, 0.29) is 23.9 Å². The van der Waals surface area contributed by atoms with E-state index in [1.807, 2.05) is 6.07 Å². The summed E-state index contributed by atoms with van der Waals surface area (Å²) < 4.78 is 0. The molecule has 0 saturated heterocycles. The molecule has 0 bridgehead atoms. The highest BCUT2D eigenvalue weighted by atomic mass is 16.2. The van der Waals surface area contributed by atoms with Crippen LogP contribution in [0.4, 0.5) is 0 Å². The molecule has 25 heavy (non-hydrogen) atoms. The Kier molecular flexibility index (Phi) is 5.26. The predicted molar refractivity (Wildman–Crippen MR) is 96.1 cm³/mol. The molecule has 3 rings (SSSR count). The second kappa shape index (κ2) is 7.59. The highest BCUT2D eigenvalue weighted by Gasteiger charge is 2.23. The summed E-state index contributed by atoms with van der Waals surface area (Å²) in [5.74, 6) is 0.801. The maximum Gasteiger partial charge on any atom is 0.255 e. The van der Waals surface area contributed by atoms with Gasteiger partial charge in [0.2, 0.25) is 5.91 Å². The number of hydrogen-bond donors (Lipinski definition) is 2. The molecule has 0 aromatic carbocycles. The van der Waals surface area contributed by atoms with Crippen LogP contribution in [0, 0.1) is 12.8 Å². The molecule has 132 valence electrons. The summed E-state index contributed by atoms with van der Waals surface area (Å²) in [6.45, 7) is 3.93. The largest absolute Gasteiger partial charge is 0.353 e. The van der Waals surface area contributed by atoms with Gasteiger partial charge >= 0.3 is 0 Å². The van der Waals surface area contributed by atoms with Crippen LogP contribution < -0.4 is 10.9 Å². The third-order valence-corrected chi connectivity index (χ3v) is 4.92. The maximum absolute atomic E-state index is 12.4. The lowest BCUT2D eigenvalue weighted by Gasteiger charge is -2.29. The molecule has 6 nitrogen and oxygen atoms in total. The van der Waals surface area contributed by atoms with Crippen LogP contribution in [0.3, 0.4) is 0 Å².